The fourth-order valence-electron chi connectivity index (χ4n) is 0.947. The lowest BCUT2D eigenvalue weighted by Gasteiger charge is -2.06. The van der Waals surface area contributed by atoms with Gasteiger partial charge in [0, 0.05) is 6.42 Å². The van der Waals surface area contributed by atoms with Gasteiger partial charge in [-0.3, -0.25) is 9.59 Å². The summed E-state index contributed by atoms with van der Waals surface area (Å²) < 4.78 is 5.21. The van der Waals surface area contributed by atoms with Crippen LogP contribution in [0.1, 0.15) is 23.7 Å². The van der Waals surface area contributed by atoms with Gasteiger partial charge in [-0.1, -0.05) is 6.92 Å². The van der Waals surface area contributed by atoms with Crippen molar-refractivity contribution in [2.24, 2.45) is 0 Å². The summed E-state index contributed by atoms with van der Waals surface area (Å²) in [6, 6.07) is 2.73. The molecular formula is C10H9BrO4. The fourth-order valence-corrected chi connectivity index (χ4v) is 1.40. The Morgan fingerprint density at radius 1 is 1.60 bits per heavy atom. The average molecular weight is 273 g/mol. The second-order valence-corrected chi connectivity index (χ2v) is 3.64. The van der Waals surface area contributed by atoms with Crippen LogP contribution in [-0.2, 0) is 4.79 Å². The monoisotopic (exact) mass is 272 g/mol. The number of carbonyl (C=O) groups excluding carboxylic acids is 2. The number of aromatic hydroxyl groups is 1. The predicted molar refractivity (Wildman–Crippen MR) is 57.1 cm³/mol. The van der Waals surface area contributed by atoms with Gasteiger partial charge in [-0.15, -0.1) is 0 Å². The molecule has 0 saturated heterocycles. The summed E-state index contributed by atoms with van der Waals surface area (Å²) in [5.74, 6) is -0.334. The van der Waals surface area contributed by atoms with E-state index in [2.05, 4.69) is 15.9 Å². The molecule has 4 nitrogen and oxygen atoms in total. The fraction of sp³-hybridized carbons (Fsp3) is 0.200. The van der Waals surface area contributed by atoms with Crippen molar-refractivity contribution in [2.45, 2.75) is 13.3 Å². The highest BCUT2D eigenvalue weighted by Crippen LogP contribution is 2.31. The van der Waals surface area contributed by atoms with Crippen molar-refractivity contribution in [3.63, 3.8) is 0 Å². The van der Waals surface area contributed by atoms with Gasteiger partial charge in [0.05, 0.1) is 10.0 Å². The lowest BCUT2D eigenvalue weighted by molar-refractivity contribution is -0.134. The molecule has 1 aromatic rings. The molecule has 5 heteroatoms. The number of carbonyl (C=O) groups is 2. The molecule has 0 radical (unpaired) electrons. The molecule has 0 unspecified atom stereocenters. The van der Waals surface area contributed by atoms with Crippen LogP contribution >= 0.6 is 15.9 Å². The van der Waals surface area contributed by atoms with E-state index >= 15 is 0 Å². The molecule has 15 heavy (non-hydrogen) atoms. The zero-order valence-electron chi connectivity index (χ0n) is 7.99. The molecule has 1 N–H and O–H groups in total. The highest BCUT2D eigenvalue weighted by atomic mass is 79.9. The number of phenols is 1. The van der Waals surface area contributed by atoms with Gasteiger partial charge in [-0.05, 0) is 28.1 Å². The first kappa shape index (κ1) is 11.7. The molecule has 1 rings (SSSR count). The molecule has 0 aliphatic heterocycles. The van der Waals surface area contributed by atoms with E-state index in [9.17, 15) is 14.7 Å². The minimum Gasteiger partial charge on any atom is -0.506 e. The van der Waals surface area contributed by atoms with Gasteiger partial charge in [0.1, 0.15) is 11.5 Å². The lowest BCUT2D eigenvalue weighted by Crippen LogP contribution is -2.05. The number of halogens is 1. The highest BCUT2D eigenvalue weighted by molar-refractivity contribution is 9.10. The number of aldehydes is 1. The Morgan fingerprint density at radius 2 is 2.27 bits per heavy atom. The third kappa shape index (κ3) is 2.79. The van der Waals surface area contributed by atoms with Gasteiger partial charge in [0.2, 0.25) is 0 Å². The maximum atomic E-state index is 11.0. The van der Waals surface area contributed by atoms with Crippen LogP contribution < -0.4 is 4.74 Å². The number of hydrogen-bond donors (Lipinski definition) is 1. The summed E-state index contributed by atoms with van der Waals surface area (Å²) >= 11 is 3.05. The summed E-state index contributed by atoms with van der Waals surface area (Å²) in [6.07, 6.45) is 0.734. The van der Waals surface area contributed by atoms with Gasteiger partial charge < -0.3 is 9.84 Å². The Kier molecular flexibility index (Phi) is 3.85. The van der Waals surface area contributed by atoms with E-state index in [0.717, 1.165) is 0 Å². The Balaban J connectivity index is 3.05. The van der Waals surface area contributed by atoms with E-state index in [-0.39, 0.29) is 23.5 Å². The molecule has 0 heterocycles. The van der Waals surface area contributed by atoms with E-state index in [1.165, 1.54) is 12.1 Å². The van der Waals surface area contributed by atoms with Crippen molar-refractivity contribution in [1.82, 2.24) is 0 Å². The molecule has 1 aromatic carbocycles. The van der Waals surface area contributed by atoms with Crippen molar-refractivity contribution in [1.29, 1.82) is 0 Å². The number of ether oxygens (including phenoxy) is 1. The zero-order valence-corrected chi connectivity index (χ0v) is 9.58. The Morgan fingerprint density at radius 3 is 2.80 bits per heavy atom. The van der Waals surface area contributed by atoms with E-state index in [1.807, 2.05) is 0 Å². The standard InChI is InChI=1S/C10H9BrO4/c1-2-9(13)15-7-3-6(5-12)10(14)8(11)4-7/h3-5,14H,2H2,1H3. The van der Waals surface area contributed by atoms with Crippen LogP contribution in [0.2, 0.25) is 0 Å². The molecule has 0 fully saturated rings. The number of rotatable bonds is 3. The van der Waals surface area contributed by atoms with Crippen LogP contribution in [-0.4, -0.2) is 17.4 Å². The average Bonchev–Trinajstić information content (AvgIpc) is 2.22. The molecule has 0 spiro atoms. The summed E-state index contributed by atoms with van der Waals surface area (Å²) in [5, 5.41) is 9.39. The Hall–Kier alpha value is -1.36. The van der Waals surface area contributed by atoms with Crippen LogP contribution in [0.5, 0.6) is 11.5 Å². The quantitative estimate of drug-likeness (QED) is 0.521. The first-order valence-electron chi connectivity index (χ1n) is 4.26. The predicted octanol–water partition coefficient (Wildman–Crippen LogP) is 2.28. The van der Waals surface area contributed by atoms with Crippen LogP contribution in [0, 0.1) is 0 Å². The van der Waals surface area contributed by atoms with Crippen molar-refractivity contribution in [3.8, 4) is 11.5 Å². The first-order valence-corrected chi connectivity index (χ1v) is 5.06. The number of phenolic OH excluding ortho intramolecular Hbond substituents is 1. The molecule has 0 aliphatic rings. The first-order chi connectivity index (χ1) is 7.08. The van der Waals surface area contributed by atoms with Crippen molar-refractivity contribution < 1.29 is 19.4 Å². The van der Waals surface area contributed by atoms with Crippen LogP contribution in [0.3, 0.4) is 0 Å². The van der Waals surface area contributed by atoms with Crippen LogP contribution in [0.25, 0.3) is 0 Å². The smallest absolute Gasteiger partial charge is 0.310 e. The topological polar surface area (TPSA) is 63.6 Å². The third-order valence-corrected chi connectivity index (χ3v) is 2.32. The molecule has 0 atom stereocenters. The number of hydrogen-bond acceptors (Lipinski definition) is 4. The zero-order chi connectivity index (χ0) is 11.4. The second kappa shape index (κ2) is 4.93. The van der Waals surface area contributed by atoms with Crippen molar-refractivity contribution in [3.05, 3.63) is 22.2 Å². The summed E-state index contributed by atoms with van der Waals surface area (Å²) in [7, 11) is 0. The molecule has 80 valence electrons. The second-order valence-electron chi connectivity index (χ2n) is 2.79. The van der Waals surface area contributed by atoms with Gasteiger partial charge in [-0.2, -0.15) is 0 Å². The van der Waals surface area contributed by atoms with Gasteiger partial charge in [-0.25, -0.2) is 0 Å². The SMILES string of the molecule is CCC(=O)Oc1cc(Br)c(O)c(C=O)c1. The molecule has 0 saturated carbocycles. The molecule has 0 aliphatic carbocycles. The summed E-state index contributed by atoms with van der Waals surface area (Å²) in [5.41, 5.74) is 0.0725. The van der Waals surface area contributed by atoms with Crippen LogP contribution in [0.4, 0.5) is 0 Å². The third-order valence-electron chi connectivity index (χ3n) is 1.71. The van der Waals surface area contributed by atoms with Crippen molar-refractivity contribution >= 4 is 28.2 Å². The lowest BCUT2D eigenvalue weighted by atomic mass is 10.2. The maximum absolute atomic E-state index is 11.0. The highest BCUT2D eigenvalue weighted by Gasteiger charge is 2.10. The largest absolute Gasteiger partial charge is 0.506 e. The van der Waals surface area contributed by atoms with E-state index < -0.39 is 5.97 Å². The van der Waals surface area contributed by atoms with E-state index in [1.54, 1.807) is 6.92 Å². The van der Waals surface area contributed by atoms with E-state index in [4.69, 9.17) is 4.74 Å². The van der Waals surface area contributed by atoms with Gasteiger partial charge in [0.25, 0.3) is 0 Å². The molecule has 0 aromatic heterocycles. The number of esters is 1. The maximum Gasteiger partial charge on any atom is 0.310 e. The van der Waals surface area contributed by atoms with Gasteiger partial charge in [0.15, 0.2) is 6.29 Å². The summed E-state index contributed by atoms with van der Waals surface area (Å²) in [6.45, 7) is 1.67. The minimum absolute atomic E-state index is 0.0725. The van der Waals surface area contributed by atoms with Gasteiger partial charge >= 0.3 is 5.97 Å². The normalized spacial score (nSPS) is 9.73. The summed E-state index contributed by atoms with van der Waals surface area (Å²) in [4.78, 5) is 21.6. The van der Waals surface area contributed by atoms with Crippen molar-refractivity contribution in [2.75, 3.05) is 0 Å². The molecular weight excluding hydrogens is 264 g/mol. The van der Waals surface area contributed by atoms with E-state index in [0.29, 0.717) is 10.8 Å². The Labute approximate surface area is 95.0 Å². The van der Waals surface area contributed by atoms with Crippen LogP contribution in [0.15, 0.2) is 16.6 Å². The minimum atomic E-state index is -0.399. The molecule has 0 bridgehead atoms. The Bertz CT molecular complexity index is 401. The number of benzene rings is 1. The molecule has 0 amide bonds.